The van der Waals surface area contributed by atoms with E-state index >= 15 is 0 Å². The van der Waals surface area contributed by atoms with Gasteiger partial charge in [0.05, 0.1) is 17.4 Å². The third kappa shape index (κ3) is 4.29. The number of carbonyl (C=O) groups is 1. The first-order chi connectivity index (χ1) is 18.4. The average Bonchev–Trinajstić information content (AvgIpc) is 3.64. The predicted molar refractivity (Wildman–Crippen MR) is 139 cm³/mol. The molecule has 0 saturated carbocycles. The normalized spacial score (nSPS) is 14.4. The molecule has 190 valence electrons. The molecule has 5 aromatic rings. The van der Waals surface area contributed by atoms with Crippen LogP contribution in [0.1, 0.15) is 23.9 Å². The summed E-state index contributed by atoms with van der Waals surface area (Å²) in [6.45, 7) is 0. The predicted octanol–water partition coefficient (Wildman–Crippen LogP) is 4.21. The number of nitrogens with zero attached hydrogens (tertiary/aromatic N) is 7. The number of aryl methyl sites for hydroxylation is 1. The number of halogens is 2. The summed E-state index contributed by atoms with van der Waals surface area (Å²) >= 11 is 12.8. The molecule has 5 heterocycles. The van der Waals surface area contributed by atoms with E-state index in [0.717, 1.165) is 11.3 Å². The standard InChI is InChI=1S/C24H17Cl2N9O3/c25-14-2-4-17(34-11-28-32-33-34)16(9-14)13-7-15-3-5-18(35(15)20(36)8-13)21-22(26)31-23(30-21)12-1-6-19(27-10-12)29-24(37)38/h1-2,4,6-11,18H,3,5H2,(H,27,29)(H,30,31)(H,37,38)/t18-/m0/s1. The number of anilines is 1. The van der Waals surface area contributed by atoms with Crippen molar-refractivity contribution in [2.24, 2.45) is 0 Å². The van der Waals surface area contributed by atoms with Gasteiger partial charge in [-0.3, -0.25) is 10.1 Å². The molecule has 0 fully saturated rings. The number of aromatic nitrogens is 8. The Labute approximate surface area is 223 Å². The molecule has 0 unspecified atom stereocenters. The lowest BCUT2D eigenvalue weighted by atomic mass is 10.0. The Balaban J connectivity index is 1.35. The Bertz CT molecular complexity index is 1730. The van der Waals surface area contributed by atoms with Crippen LogP contribution >= 0.6 is 23.2 Å². The van der Waals surface area contributed by atoms with Crippen LogP contribution in [0.5, 0.6) is 0 Å². The van der Waals surface area contributed by atoms with Gasteiger partial charge >= 0.3 is 6.09 Å². The van der Waals surface area contributed by atoms with Crippen LogP contribution in [0.3, 0.4) is 0 Å². The summed E-state index contributed by atoms with van der Waals surface area (Å²) in [6.07, 6.45) is 3.06. The highest BCUT2D eigenvalue weighted by molar-refractivity contribution is 6.31. The highest BCUT2D eigenvalue weighted by Crippen LogP contribution is 2.37. The molecule has 0 bridgehead atoms. The Morgan fingerprint density at radius 1 is 1.13 bits per heavy atom. The van der Waals surface area contributed by atoms with Crippen molar-refractivity contribution in [3.63, 3.8) is 0 Å². The van der Waals surface area contributed by atoms with E-state index in [-0.39, 0.29) is 22.6 Å². The number of amides is 1. The molecule has 6 rings (SSSR count). The quantitative estimate of drug-likeness (QED) is 0.294. The second kappa shape index (κ2) is 9.39. The maximum Gasteiger partial charge on any atom is 0.410 e. The Kier molecular flexibility index (Phi) is 5.89. The molecule has 38 heavy (non-hydrogen) atoms. The van der Waals surface area contributed by atoms with E-state index in [4.69, 9.17) is 28.3 Å². The van der Waals surface area contributed by atoms with Gasteiger partial charge in [-0.1, -0.05) is 23.2 Å². The molecule has 0 radical (unpaired) electrons. The maximum absolute atomic E-state index is 13.4. The van der Waals surface area contributed by atoms with E-state index in [9.17, 15) is 9.59 Å². The van der Waals surface area contributed by atoms with Crippen LogP contribution in [0.2, 0.25) is 10.2 Å². The molecule has 1 aliphatic heterocycles. The summed E-state index contributed by atoms with van der Waals surface area (Å²) in [5, 5.41) is 23.2. The van der Waals surface area contributed by atoms with Gasteiger partial charge in [-0.25, -0.2) is 14.8 Å². The number of pyridine rings is 2. The lowest BCUT2D eigenvalue weighted by Gasteiger charge is -2.15. The molecular weight excluding hydrogens is 533 g/mol. The molecule has 1 aliphatic rings. The van der Waals surface area contributed by atoms with E-state index in [1.807, 2.05) is 6.07 Å². The Morgan fingerprint density at radius 2 is 2.00 bits per heavy atom. The monoisotopic (exact) mass is 549 g/mol. The van der Waals surface area contributed by atoms with E-state index < -0.39 is 6.09 Å². The van der Waals surface area contributed by atoms with Crippen molar-refractivity contribution in [2.45, 2.75) is 18.9 Å². The van der Waals surface area contributed by atoms with Gasteiger partial charge in [-0.05, 0) is 65.2 Å². The summed E-state index contributed by atoms with van der Waals surface area (Å²) in [5.74, 6) is 0.650. The lowest BCUT2D eigenvalue weighted by molar-refractivity contribution is 0.209. The minimum absolute atomic E-state index is 0.189. The van der Waals surface area contributed by atoms with Gasteiger partial charge < -0.3 is 14.7 Å². The third-order valence-electron chi connectivity index (χ3n) is 6.29. The zero-order valence-corrected chi connectivity index (χ0v) is 20.8. The summed E-state index contributed by atoms with van der Waals surface area (Å²) in [5.41, 5.74) is 4.00. The number of rotatable bonds is 5. The topological polar surface area (TPSA) is 156 Å². The minimum atomic E-state index is -1.20. The van der Waals surface area contributed by atoms with Gasteiger partial charge in [-0.2, -0.15) is 4.68 Å². The summed E-state index contributed by atoms with van der Waals surface area (Å²) in [7, 11) is 0. The lowest BCUT2D eigenvalue weighted by Crippen LogP contribution is -2.23. The van der Waals surface area contributed by atoms with Gasteiger partial charge in [-0.15, -0.1) is 5.10 Å². The highest BCUT2D eigenvalue weighted by atomic mass is 35.5. The van der Waals surface area contributed by atoms with Crippen LogP contribution in [-0.4, -0.2) is 50.9 Å². The van der Waals surface area contributed by atoms with Gasteiger partial charge in [0.1, 0.15) is 18.0 Å². The zero-order valence-electron chi connectivity index (χ0n) is 19.3. The number of tetrazole rings is 1. The Morgan fingerprint density at radius 3 is 2.74 bits per heavy atom. The Hall–Kier alpha value is -4.55. The van der Waals surface area contributed by atoms with Crippen molar-refractivity contribution in [3.8, 4) is 28.2 Å². The van der Waals surface area contributed by atoms with Crippen LogP contribution in [0.4, 0.5) is 10.6 Å². The molecule has 1 amide bonds. The fourth-order valence-electron chi connectivity index (χ4n) is 4.68. The highest BCUT2D eigenvalue weighted by Gasteiger charge is 2.29. The first-order valence-corrected chi connectivity index (χ1v) is 12.1. The molecule has 0 spiro atoms. The van der Waals surface area contributed by atoms with Crippen LogP contribution in [-0.2, 0) is 6.42 Å². The molecule has 12 nitrogen and oxygen atoms in total. The van der Waals surface area contributed by atoms with Crippen molar-refractivity contribution < 1.29 is 9.90 Å². The van der Waals surface area contributed by atoms with Crippen molar-refractivity contribution >= 4 is 35.1 Å². The molecule has 0 aliphatic carbocycles. The van der Waals surface area contributed by atoms with Crippen molar-refractivity contribution in [1.82, 2.24) is 39.7 Å². The fourth-order valence-corrected chi connectivity index (χ4v) is 5.10. The summed E-state index contributed by atoms with van der Waals surface area (Å²) in [4.78, 5) is 36.0. The number of hydrogen-bond donors (Lipinski definition) is 3. The first-order valence-electron chi connectivity index (χ1n) is 11.4. The maximum atomic E-state index is 13.4. The van der Waals surface area contributed by atoms with Crippen molar-refractivity contribution in [3.05, 3.63) is 86.9 Å². The number of nitrogens with one attached hydrogen (secondary N) is 2. The minimum Gasteiger partial charge on any atom is -0.465 e. The molecule has 0 saturated heterocycles. The van der Waals surface area contributed by atoms with Gasteiger partial charge in [0, 0.05) is 34.1 Å². The van der Waals surface area contributed by atoms with Crippen LogP contribution in [0.15, 0.2) is 59.8 Å². The summed E-state index contributed by atoms with van der Waals surface area (Å²) < 4.78 is 3.23. The third-order valence-corrected chi connectivity index (χ3v) is 6.81. The fraction of sp³-hybridized carbons (Fsp3) is 0.125. The number of carboxylic acid groups (broad SMARTS) is 1. The SMILES string of the molecule is O=C(O)Nc1ccc(-c2nc(Cl)c([C@@H]3CCc4cc(-c5cc(Cl)ccc5-n5cnnn5)cc(=O)n43)[nH]2)cn1. The molecule has 14 heteroatoms. The first kappa shape index (κ1) is 23.8. The number of hydrogen-bond acceptors (Lipinski definition) is 7. The second-order valence-corrected chi connectivity index (χ2v) is 9.36. The molecule has 4 aromatic heterocycles. The molecule has 1 atom stereocenters. The van der Waals surface area contributed by atoms with Gasteiger partial charge in [0.15, 0.2) is 5.15 Å². The van der Waals surface area contributed by atoms with Gasteiger partial charge in [0.25, 0.3) is 5.56 Å². The van der Waals surface area contributed by atoms with Crippen LogP contribution in [0, 0.1) is 0 Å². The zero-order chi connectivity index (χ0) is 26.4. The number of H-pyrrole nitrogens is 1. The number of imidazole rings is 1. The van der Waals surface area contributed by atoms with Crippen molar-refractivity contribution in [1.29, 1.82) is 0 Å². The molecule has 1 aromatic carbocycles. The van der Waals surface area contributed by atoms with E-state index in [2.05, 4.69) is 35.8 Å². The average molecular weight is 550 g/mol. The van der Waals surface area contributed by atoms with E-state index in [1.54, 1.807) is 34.9 Å². The van der Waals surface area contributed by atoms with E-state index in [0.29, 0.717) is 46.2 Å². The number of benzene rings is 1. The smallest absolute Gasteiger partial charge is 0.410 e. The second-order valence-electron chi connectivity index (χ2n) is 8.57. The molecular formula is C24H17Cl2N9O3. The van der Waals surface area contributed by atoms with Gasteiger partial charge in [0.2, 0.25) is 0 Å². The van der Waals surface area contributed by atoms with Crippen LogP contribution in [0.25, 0.3) is 28.2 Å². The van der Waals surface area contributed by atoms with E-state index in [1.165, 1.54) is 23.3 Å². The van der Waals surface area contributed by atoms with Crippen LogP contribution < -0.4 is 10.9 Å². The number of fused-ring (bicyclic) bond motifs is 1. The molecule has 3 N–H and O–H groups in total. The number of aromatic amines is 1. The largest absolute Gasteiger partial charge is 0.465 e. The summed E-state index contributed by atoms with van der Waals surface area (Å²) in [6, 6.07) is 11.7. The van der Waals surface area contributed by atoms with Crippen molar-refractivity contribution in [2.75, 3.05) is 5.32 Å².